The molecule has 28 heavy (non-hydrogen) atoms. The second kappa shape index (κ2) is 8.54. The minimum Gasteiger partial charge on any atom is -0.378 e. The van der Waals surface area contributed by atoms with Crippen molar-refractivity contribution in [1.29, 1.82) is 5.26 Å². The highest BCUT2D eigenvalue weighted by molar-refractivity contribution is 5.89. The van der Waals surface area contributed by atoms with Gasteiger partial charge >= 0.3 is 6.18 Å². The Balaban J connectivity index is 2.13. The summed E-state index contributed by atoms with van der Waals surface area (Å²) in [5, 5.41) is 21.4. The first-order chi connectivity index (χ1) is 13.1. The van der Waals surface area contributed by atoms with Gasteiger partial charge in [0.05, 0.1) is 17.2 Å². The van der Waals surface area contributed by atoms with Crippen LogP contribution in [-0.2, 0) is 22.2 Å². The van der Waals surface area contributed by atoms with E-state index in [1.807, 2.05) is 6.07 Å². The molecule has 0 saturated carbocycles. The summed E-state index contributed by atoms with van der Waals surface area (Å²) in [5.74, 6) is -1.89. The minimum atomic E-state index is -4.54. The zero-order valence-electron chi connectivity index (χ0n) is 14.4. The number of carbonyl (C=O) groups excluding carboxylic acids is 2. The van der Waals surface area contributed by atoms with Crippen molar-refractivity contribution in [1.82, 2.24) is 5.32 Å². The van der Waals surface area contributed by atoms with Crippen LogP contribution in [-0.4, -0.2) is 23.0 Å². The molecule has 0 aliphatic rings. The molecule has 4 N–H and O–H groups in total. The van der Waals surface area contributed by atoms with Crippen LogP contribution in [0.5, 0.6) is 0 Å². The summed E-state index contributed by atoms with van der Waals surface area (Å²) in [6, 6.07) is 10.6. The molecule has 0 radical (unpaired) electrons. The zero-order chi connectivity index (χ0) is 20.9. The van der Waals surface area contributed by atoms with Gasteiger partial charge in [-0.3, -0.25) is 9.59 Å². The number of nitrogens with one attached hydrogen (secondary N) is 1. The van der Waals surface area contributed by atoms with E-state index in [0.717, 1.165) is 24.3 Å². The fourth-order valence-corrected chi connectivity index (χ4v) is 2.51. The number of nitrogens with zero attached hydrogens (tertiary/aromatic N) is 1. The van der Waals surface area contributed by atoms with Crippen molar-refractivity contribution in [2.24, 2.45) is 5.73 Å². The van der Waals surface area contributed by atoms with Crippen LogP contribution < -0.4 is 11.1 Å². The van der Waals surface area contributed by atoms with Crippen molar-refractivity contribution in [2.75, 3.05) is 0 Å². The van der Waals surface area contributed by atoms with Crippen LogP contribution in [0.25, 0.3) is 0 Å². The Kier molecular flexibility index (Phi) is 6.38. The lowest BCUT2D eigenvalue weighted by Gasteiger charge is -2.19. The molecule has 146 valence electrons. The molecule has 0 unspecified atom stereocenters. The number of rotatable bonds is 6. The van der Waals surface area contributed by atoms with E-state index in [9.17, 15) is 27.9 Å². The molecule has 0 aromatic heterocycles. The lowest BCUT2D eigenvalue weighted by Crippen LogP contribution is -2.47. The number of benzene rings is 2. The molecule has 6 nitrogen and oxygen atoms in total. The highest BCUT2D eigenvalue weighted by Gasteiger charge is 2.31. The number of hydrogen-bond acceptors (Lipinski definition) is 4. The Morgan fingerprint density at radius 3 is 2.29 bits per heavy atom. The van der Waals surface area contributed by atoms with E-state index in [0.29, 0.717) is 11.1 Å². The van der Waals surface area contributed by atoms with E-state index in [-0.39, 0.29) is 12.0 Å². The Hall–Kier alpha value is -3.38. The van der Waals surface area contributed by atoms with E-state index in [1.54, 1.807) is 18.2 Å². The molecular formula is C19H16F3N3O3. The molecule has 0 bridgehead atoms. The summed E-state index contributed by atoms with van der Waals surface area (Å²) in [4.78, 5) is 23.9. The van der Waals surface area contributed by atoms with Gasteiger partial charge < -0.3 is 16.2 Å². The number of hydrogen-bond donors (Lipinski definition) is 3. The molecule has 2 atom stereocenters. The van der Waals surface area contributed by atoms with Crippen LogP contribution in [0.4, 0.5) is 13.2 Å². The molecule has 2 aromatic rings. The molecule has 0 aliphatic carbocycles. The van der Waals surface area contributed by atoms with Crippen molar-refractivity contribution < 1.29 is 27.9 Å². The van der Waals surface area contributed by atoms with Gasteiger partial charge in [-0.25, -0.2) is 0 Å². The van der Waals surface area contributed by atoms with Crippen molar-refractivity contribution >= 4 is 11.8 Å². The lowest BCUT2D eigenvalue weighted by molar-refractivity contribution is -0.137. The van der Waals surface area contributed by atoms with Gasteiger partial charge in [0.2, 0.25) is 5.91 Å². The summed E-state index contributed by atoms with van der Waals surface area (Å²) in [6.45, 7) is 0. The molecule has 0 aliphatic heterocycles. The van der Waals surface area contributed by atoms with E-state index in [1.165, 1.54) is 6.07 Å². The van der Waals surface area contributed by atoms with Crippen molar-refractivity contribution in [2.45, 2.75) is 24.7 Å². The quantitative estimate of drug-likeness (QED) is 0.696. The number of alkyl halides is 3. The largest absolute Gasteiger partial charge is 0.416 e. The van der Waals surface area contributed by atoms with E-state index >= 15 is 0 Å². The minimum absolute atomic E-state index is 0.0776. The first-order valence-electron chi connectivity index (χ1n) is 8.06. The van der Waals surface area contributed by atoms with Crippen molar-refractivity contribution in [3.05, 3.63) is 70.8 Å². The third-order valence-electron chi connectivity index (χ3n) is 4.02. The second-order valence-corrected chi connectivity index (χ2v) is 5.96. The average molecular weight is 391 g/mol. The van der Waals surface area contributed by atoms with Crippen LogP contribution in [0.2, 0.25) is 0 Å². The van der Waals surface area contributed by atoms with Crippen LogP contribution in [0.1, 0.15) is 28.4 Å². The molecule has 0 heterocycles. The highest BCUT2D eigenvalue weighted by Crippen LogP contribution is 2.30. The topological polar surface area (TPSA) is 116 Å². The first-order valence-corrected chi connectivity index (χ1v) is 8.06. The summed E-state index contributed by atoms with van der Waals surface area (Å²) < 4.78 is 37.8. The van der Waals surface area contributed by atoms with Gasteiger partial charge in [0.25, 0.3) is 5.91 Å². The van der Waals surface area contributed by atoms with Gasteiger partial charge in [0, 0.05) is 6.42 Å². The molecule has 2 aromatic carbocycles. The fourth-order valence-electron chi connectivity index (χ4n) is 2.51. The predicted molar refractivity (Wildman–Crippen MR) is 92.4 cm³/mol. The zero-order valence-corrected chi connectivity index (χ0v) is 14.4. The van der Waals surface area contributed by atoms with Gasteiger partial charge in [0.1, 0.15) is 6.04 Å². The molecule has 0 spiro atoms. The first kappa shape index (κ1) is 20.9. The standard InChI is InChI=1S/C19H16F3N3O3/c20-19(21,22)14-7-5-11(6-8-14)16(26)18(28)25-15(17(24)27)9-12-3-1-2-4-13(12)10-23/h1-8,15-16,26H,9H2,(H2,24,27)(H,25,28)/t15-,16+/m0/s1. The number of primary amides is 1. The molecule has 2 rings (SSSR count). The maximum atomic E-state index is 12.6. The van der Waals surface area contributed by atoms with E-state index in [4.69, 9.17) is 11.0 Å². The summed E-state index contributed by atoms with van der Waals surface area (Å²) >= 11 is 0. The molecule has 0 fully saturated rings. The smallest absolute Gasteiger partial charge is 0.378 e. The molecular weight excluding hydrogens is 375 g/mol. The van der Waals surface area contributed by atoms with E-state index < -0.39 is 35.7 Å². The monoisotopic (exact) mass is 391 g/mol. The average Bonchev–Trinajstić information content (AvgIpc) is 2.66. The molecule has 0 saturated heterocycles. The third kappa shape index (κ3) is 5.08. The molecule has 9 heteroatoms. The van der Waals surface area contributed by atoms with Gasteiger partial charge in [-0.05, 0) is 29.3 Å². The van der Waals surface area contributed by atoms with Crippen molar-refractivity contribution in [3.8, 4) is 6.07 Å². The van der Waals surface area contributed by atoms with Crippen LogP contribution in [0.3, 0.4) is 0 Å². The number of aliphatic hydroxyl groups excluding tert-OH is 1. The van der Waals surface area contributed by atoms with Gasteiger partial charge in [0.15, 0.2) is 6.10 Å². The number of nitriles is 1. The fraction of sp³-hybridized carbons (Fsp3) is 0.211. The van der Waals surface area contributed by atoms with Crippen LogP contribution in [0.15, 0.2) is 48.5 Å². The second-order valence-electron chi connectivity index (χ2n) is 5.96. The SMILES string of the molecule is N#Cc1ccccc1C[C@H](NC(=O)[C@H](O)c1ccc(C(F)(F)F)cc1)C(N)=O. The highest BCUT2D eigenvalue weighted by atomic mass is 19.4. The van der Waals surface area contributed by atoms with Crippen LogP contribution >= 0.6 is 0 Å². The number of nitrogens with two attached hydrogens (primary N) is 1. The Morgan fingerprint density at radius 2 is 1.75 bits per heavy atom. The maximum absolute atomic E-state index is 12.6. The van der Waals surface area contributed by atoms with E-state index in [2.05, 4.69) is 5.32 Å². The Morgan fingerprint density at radius 1 is 1.14 bits per heavy atom. The predicted octanol–water partition coefficient (Wildman–Crippen LogP) is 1.82. The Labute approximate surface area is 158 Å². The third-order valence-corrected chi connectivity index (χ3v) is 4.02. The number of aliphatic hydroxyl groups is 1. The van der Waals surface area contributed by atoms with Crippen molar-refractivity contribution in [3.63, 3.8) is 0 Å². The Bertz CT molecular complexity index is 905. The molecule has 2 amide bonds. The number of halogens is 3. The van der Waals surface area contributed by atoms with Gasteiger partial charge in [-0.1, -0.05) is 30.3 Å². The van der Waals surface area contributed by atoms with Gasteiger partial charge in [-0.2, -0.15) is 18.4 Å². The normalized spacial score (nSPS) is 13.2. The summed E-state index contributed by atoms with van der Waals surface area (Å²) in [5.41, 5.74) is 5.05. The lowest BCUT2D eigenvalue weighted by atomic mass is 10.00. The summed E-state index contributed by atoms with van der Waals surface area (Å²) in [6.07, 6.45) is -6.42. The summed E-state index contributed by atoms with van der Waals surface area (Å²) in [7, 11) is 0. The van der Waals surface area contributed by atoms with Crippen LogP contribution in [0, 0.1) is 11.3 Å². The maximum Gasteiger partial charge on any atom is 0.416 e. The number of carbonyl (C=O) groups is 2. The number of amides is 2. The van der Waals surface area contributed by atoms with Gasteiger partial charge in [-0.15, -0.1) is 0 Å².